The van der Waals surface area contributed by atoms with Crippen molar-refractivity contribution >= 4 is 28.9 Å². The van der Waals surface area contributed by atoms with Gasteiger partial charge in [0.25, 0.3) is 11.6 Å². The number of hydrogen-bond acceptors (Lipinski definition) is 4. The van der Waals surface area contributed by atoms with Crippen molar-refractivity contribution in [2.24, 2.45) is 0 Å². The molecule has 7 heteroatoms. The SMILES string of the molecule is Cc1c(Cl)cccc1NC(=O)[C@H](C)Oc1cccc([N+](=O)[O-])c1. The molecule has 0 aliphatic heterocycles. The van der Waals surface area contributed by atoms with Crippen LogP contribution in [-0.4, -0.2) is 16.9 Å². The summed E-state index contributed by atoms with van der Waals surface area (Å²) in [6, 6.07) is 10.9. The van der Waals surface area contributed by atoms with E-state index in [0.29, 0.717) is 10.7 Å². The van der Waals surface area contributed by atoms with Gasteiger partial charge in [0.2, 0.25) is 0 Å². The van der Waals surface area contributed by atoms with Crippen molar-refractivity contribution in [2.45, 2.75) is 20.0 Å². The average Bonchev–Trinajstić information content (AvgIpc) is 2.52. The number of amides is 1. The number of nitro benzene ring substituents is 1. The lowest BCUT2D eigenvalue weighted by Gasteiger charge is -2.16. The normalized spacial score (nSPS) is 11.6. The standard InChI is InChI=1S/C16H15ClN2O4/c1-10-14(17)7-4-8-15(10)18-16(20)11(2)23-13-6-3-5-12(9-13)19(21)22/h3-9,11H,1-2H3,(H,18,20)/t11-/m0/s1. The van der Waals surface area contributed by atoms with E-state index in [1.807, 2.05) is 0 Å². The summed E-state index contributed by atoms with van der Waals surface area (Å²) in [6.07, 6.45) is -0.824. The van der Waals surface area contributed by atoms with Gasteiger partial charge in [-0.05, 0) is 37.6 Å². The Labute approximate surface area is 138 Å². The first-order valence-corrected chi connectivity index (χ1v) is 7.23. The van der Waals surface area contributed by atoms with E-state index in [9.17, 15) is 14.9 Å². The number of ether oxygens (including phenoxy) is 1. The molecular formula is C16H15ClN2O4. The van der Waals surface area contributed by atoms with Crippen LogP contribution in [0.5, 0.6) is 5.75 Å². The number of nitrogens with one attached hydrogen (secondary N) is 1. The second kappa shape index (κ2) is 7.11. The van der Waals surface area contributed by atoms with Crippen molar-refractivity contribution in [1.82, 2.24) is 0 Å². The van der Waals surface area contributed by atoms with E-state index in [2.05, 4.69) is 5.32 Å². The van der Waals surface area contributed by atoms with Gasteiger partial charge in [-0.1, -0.05) is 23.7 Å². The molecule has 23 heavy (non-hydrogen) atoms. The highest BCUT2D eigenvalue weighted by Gasteiger charge is 2.17. The Morgan fingerprint density at radius 3 is 2.70 bits per heavy atom. The molecule has 1 atom stereocenters. The fraction of sp³-hybridized carbons (Fsp3) is 0.188. The Bertz CT molecular complexity index is 749. The maximum Gasteiger partial charge on any atom is 0.273 e. The lowest BCUT2D eigenvalue weighted by Crippen LogP contribution is -2.30. The maximum absolute atomic E-state index is 12.2. The number of nitrogens with zero attached hydrogens (tertiary/aromatic N) is 1. The second-order valence-electron chi connectivity index (χ2n) is 4.92. The van der Waals surface area contributed by atoms with E-state index in [0.717, 1.165) is 5.56 Å². The number of rotatable bonds is 5. The summed E-state index contributed by atoms with van der Waals surface area (Å²) in [7, 11) is 0. The molecule has 0 saturated carbocycles. The predicted octanol–water partition coefficient (Wildman–Crippen LogP) is 3.96. The first kappa shape index (κ1) is 16.8. The van der Waals surface area contributed by atoms with Crippen molar-refractivity contribution in [3.63, 3.8) is 0 Å². The first-order chi connectivity index (χ1) is 10.9. The van der Waals surface area contributed by atoms with Gasteiger partial charge in [-0.15, -0.1) is 0 Å². The molecule has 0 saturated heterocycles. The molecule has 1 N–H and O–H groups in total. The van der Waals surface area contributed by atoms with Crippen molar-refractivity contribution < 1.29 is 14.5 Å². The zero-order chi connectivity index (χ0) is 17.0. The van der Waals surface area contributed by atoms with Gasteiger partial charge in [0, 0.05) is 16.8 Å². The van der Waals surface area contributed by atoms with Crippen LogP contribution >= 0.6 is 11.6 Å². The minimum atomic E-state index is -0.824. The molecule has 0 bridgehead atoms. The number of hydrogen-bond donors (Lipinski definition) is 1. The highest BCUT2D eigenvalue weighted by molar-refractivity contribution is 6.31. The third-order valence-corrected chi connectivity index (χ3v) is 3.65. The number of non-ortho nitro benzene ring substituents is 1. The monoisotopic (exact) mass is 334 g/mol. The second-order valence-corrected chi connectivity index (χ2v) is 5.32. The van der Waals surface area contributed by atoms with E-state index < -0.39 is 11.0 Å². The van der Waals surface area contributed by atoms with Crippen LogP contribution in [0, 0.1) is 17.0 Å². The fourth-order valence-corrected chi connectivity index (χ4v) is 2.08. The third-order valence-electron chi connectivity index (χ3n) is 3.24. The number of anilines is 1. The zero-order valence-corrected chi connectivity index (χ0v) is 13.3. The van der Waals surface area contributed by atoms with Gasteiger partial charge in [-0.2, -0.15) is 0 Å². The van der Waals surface area contributed by atoms with Crippen LogP contribution in [0.2, 0.25) is 5.02 Å². The van der Waals surface area contributed by atoms with E-state index in [4.69, 9.17) is 16.3 Å². The minimum Gasteiger partial charge on any atom is -0.481 e. The van der Waals surface area contributed by atoms with Gasteiger partial charge < -0.3 is 10.1 Å². The number of carbonyl (C=O) groups is 1. The molecule has 2 rings (SSSR count). The lowest BCUT2D eigenvalue weighted by atomic mass is 10.2. The van der Waals surface area contributed by atoms with Crippen molar-refractivity contribution in [3.8, 4) is 5.75 Å². The van der Waals surface area contributed by atoms with Gasteiger partial charge in [0.1, 0.15) is 5.75 Å². The van der Waals surface area contributed by atoms with Crippen LogP contribution in [-0.2, 0) is 4.79 Å². The Balaban J connectivity index is 2.07. The third kappa shape index (κ3) is 4.20. The number of benzene rings is 2. The summed E-state index contributed by atoms with van der Waals surface area (Å²) >= 11 is 6.01. The molecular weight excluding hydrogens is 320 g/mol. The molecule has 6 nitrogen and oxygen atoms in total. The first-order valence-electron chi connectivity index (χ1n) is 6.85. The molecule has 0 fully saturated rings. The summed E-state index contributed by atoms with van der Waals surface area (Å²) in [5, 5.41) is 14.0. The number of halogens is 1. The summed E-state index contributed by atoms with van der Waals surface area (Å²) in [5.41, 5.74) is 1.25. The molecule has 1 amide bonds. The molecule has 120 valence electrons. The Morgan fingerprint density at radius 2 is 2.00 bits per heavy atom. The molecule has 0 aromatic heterocycles. The van der Waals surface area contributed by atoms with Crippen molar-refractivity contribution in [1.29, 1.82) is 0 Å². The molecule has 0 spiro atoms. The molecule has 2 aromatic rings. The highest BCUT2D eigenvalue weighted by atomic mass is 35.5. The van der Waals surface area contributed by atoms with Gasteiger partial charge in [-0.25, -0.2) is 0 Å². The average molecular weight is 335 g/mol. The Morgan fingerprint density at radius 1 is 1.30 bits per heavy atom. The summed E-state index contributed by atoms with van der Waals surface area (Å²) < 4.78 is 5.46. The van der Waals surface area contributed by atoms with Crippen LogP contribution in [0.25, 0.3) is 0 Å². The van der Waals surface area contributed by atoms with Gasteiger partial charge in [-0.3, -0.25) is 14.9 Å². The Hall–Kier alpha value is -2.60. The lowest BCUT2D eigenvalue weighted by molar-refractivity contribution is -0.384. The highest BCUT2D eigenvalue weighted by Crippen LogP contribution is 2.24. The largest absolute Gasteiger partial charge is 0.481 e. The molecule has 0 heterocycles. The van der Waals surface area contributed by atoms with Crippen molar-refractivity contribution in [2.75, 3.05) is 5.32 Å². The molecule has 0 aliphatic rings. The molecule has 0 unspecified atom stereocenters. The summed E-state index contributed by atoms with van der Waals surface area (Å²) in [6.45, 7) is 3.36. The molecule has 0 radical (unpaired) electrons. The maximum atomic E-state index is 12.2. The van der Waals surface area contributed by atoms with Crippen LogP contribution in [0.1, 0.15) is 12.5 Å². The quantitative estimate of drug-likeness (QED) is 0.662. The molecule has 2 aromatic carbocycles. The van der Waals surface area contributed by atoms with E-state index in [-0.39, 0.29) is 17.3 Å². The molecule has 0 aliphatic carbocycles. The number of nitro groups is 1. The topological polar surface area (TPSA) is 81.5 Å². The van der Waals surface area contributed by atoms with Crippen LogP contribution < -0.4 is 10.1 Å². The summed E-state index contributed by atoms with van der Waals surface area (Å²) in [4.78, 5) is 22.4. The van der Waals surface area contributed by atoms with Crippen LogP contribution in [0.15, 0.2) is 42.5 Å². The fourth-order valence-electron chi connectivity index (χ4n) is 1.91. The summed E-state index contributed by atoms with van der Waals surface area (Å²) in [5.74, 6) is -0.119. The van der Waals surface area contributed by atoms with Gasteiger partial charge >= 0.3 is 0 Å². The Kier molecular flexibility index (Phi) is 5.18. The zero-order valence-electron chi connectivity index (χ0n) is 12.6. The van der Waals surface area contributed by atoms with E-state index in [1.54, 1.807) is 38.1 Å². The van der Waals surface area contributed by atoms with Crippen LogP contribution in [0.4, 0.5) is 11.4 Å². The van der Waals surface area contributed by atoms with E-state index in [1.165, 1.54) is 18.2 Å². The van der Waals surface area contributed by atoms with Gasteiger partial charge in [0.05, 0.1) is 11.0 Å². The van der Waals surface area contributed by atoms with E-state index >= 15 is 0 Å². The number of carbonyl (C=O) groups excluding carboxylic acids is 1. The smallest absolute Gasteiger partial charge is 0.273 e. The predicted molar refractivity (Wildman–Crippen MR) is 88.0 cm³/mol. The minimum absolute atomic E-state index is 0.0965. The van der Waals surface area contributed by atoms with Crippen LogP contribution in [0.3, 0.4) is 0 Å². The van der Waals surface area contributed by atoms with Crippen molar-refractivity contribution in [3.05, 3.63) is 63.2 Å². The van der Waals surface area contributed by atoms with Gasteiger partial charge in [0.15, 0.2) is 6.10 Å².